The van der Waals surface area contributed by atoms with Crippen LogP contribution in [0.25, 0.3) is 17.2 Å². The lowest BCUT2D eigenvalue weighted by molar-refractivity contribution is 0.316. The summed E-state index contributed by atoms with van der Waals surface area (Å²) < 4.78 is 0. The van der Waals surface area contributed by atoms with Gasteiger partial charge < -0.3 is 9.80 Å². The normalized spacial score (nSPS) is 16.6. The van der Waals surface area contributed by atoms with Gasteiger partial charge in [-0.25, -0.2) is 0 Å². The topological polar surface area (TPSA) is 6.48 Å². The maximum absolute atomic E-state index is 4.67. The van der Waals surface area contributed by atoms with Crippen LogP contribution in [0.1, 0.15) is 70.9 Å². The smallest absolute Gasteiger partial charge is 0.0478 e. The zero-order valence-electron chi connectivity index (χ0n) is 25.8. The Morgan fingerprint density at radius 1 is 0.825 bits per heavy atom. The molecule has 0 atom stereocenters. The van der Waals surface area contributed by atoms with Crippen LogP contribution < -0.4 is 9.80 Å². The van der Waals surface area contributed by atoms with Crippen molar-refractivity contribution < 1.29 is 0 Å². The van der Waals surface area contributed by atoms with Gasteiger partial charge in [0.2, 0.25) is 0 Å². The first-order valence-corrected chi connectivity index (χ1v) is 15.1. The van der Waals surface area contributed by atoms with Crippen molar-refractivity contribution in [3.63, 3.8) is 0 Å². The van der Waals surface area contributed by atoms with Gasteiger partial charge in [0.05, 0.1) is 0 Å². The van der Waals surface area contributed by atoms with E-state index in [0.717, 1.165) is 24.5 Å². The second-order valence-corrected chi connectivity index (χ2v) is 11.1. The molecule has 2 heteroatoms. The van der Waals surface area contributed by atoms with Crippen molar-refractivity contribution in [3.8, 4) is 11.1 Å². The highest BCUT2D eigenvalue weighted by atomic mass is 15.1. The van der Waals surface area contributed by atoms with Crippen molar-refractivity contribution in [2.75, 3.05) is 23.9 Å². The minimum atomic E-state index is 0.541. The first-order valence-electron chi connectivity index (χ1n) is 15.1. The summed E-state index contributed by atoms with van der Waals surface area (Å²) in [6.07, 6.45) is 10.3. The summed E-state index contributed by atoms with van der Waals surface area (Å²) in [5.74, 6) is 1.37. The van der Waals surface area contributed by atoms with Gasteiger partial charge in [0, 0.05) is 37.7 Å². The van der Waals surface area contributed by atoms with Gasteiger partial charge in [0.25, 0.3) is 0 Å². The Hall–Kier alpha value is -3.52. The van der Waals surface area contributed by atoms with Crippen molar-refractivity contribution in [2.45, 2.75) is 66.3 Å². The van der Waals surface area contributed by atoms with Crippen molar-refractivity contribution in [1.29, 1.82) is 0 Å². The summed E-state index contributed by atoms with van der Waals surface area (Å²) in [6.45, 7) is 18.1. The van der Waals surface area contributed by atoms with Crippen molar-refractivity contribution >= 4 is 17.5 Å². The third-order valence-corrected chi connectivity index (χ3v) is 7.99. The van der Waals surface area contributed by atoms with Crippen LogP contribution in [0.5, 0.6) is 0 Å². The van der Waals surface area contributed by atoms with E-state index in [1.54, 1.807) is 0 Å². The Morgan fingerprint density at radius 3 is 2.00 bits per heavy atom. The quantitative estimate of drug-likeness (QED) is 0.239. The van der Waals surface area contributed by atoms with Gasteiger partial charge >= 0.3 is 0 Å². The molecule has 212 valence electrons. The Bertz CT molecular complexity index is 1240. The van der Waals surface area contributed by atoms with Crippen LogP contribution in [-0.2, 0) is 6.54 Å². The molecular formula is C38H50N2. The second-order valence-electron chi connectivity index (χ2n) is 11.1. The van der Waals surface area contributed by atoms with E-state index in [-0.39, 0.29) is 0 Å². The predicted octanol–water partition coefficient (Wildman–Crippen LogP) is 10.8. The number of hydrogen-bond acceptors (Lipinski definition) is 2. The van der Waals surface area contributed by atoms with Crippen LogP contribution in [0, 0.1) is 11.8 Å². The maximum Gasteiger partial charge on any atom is 0.0478 e. The molecule has 1 fully saturated rings. The number of allylic oxidation sites excluding steroid dienone is 3. The van der Waals surface area contributed by atoms with Crippen LogP contribution in [0.3, 0.4) is 0 Å². The van der Waals surface area contributed by atoms with Crippen LogP contribution >= 0.6 is 0 Å². The van der Waals surface area contributed by atoms with Crippen molar-refractivity contribution in [3.05, 3.63) is 114 Å². The molecule has 0 saturated heterocycles. The number of hydrogen-bond donors (Lipinski definition) is 0. The van der Waals surface area contributed by atoms with Gasteiger partial charge in [-0.3, -0.25) is 0 Å². The molecule has 0 unspecified atom stereocenters. The van der Waals surface area contributed by atoms with Crippen LogP contribution in [-0.4, -0.2) is 14.1 Å². The summed E-state index contributed by atoms with van der Waals surface area (Å²) in [6, 6.07) is 26.6. The fourth-order valence-corrected chi connectivity index (χ4v) is 5.24. The molecule has 1 aliphatic rings. The number of rotatable bonds is 10. The molecule has 4 rings (SSSR count). The summed E-state index contributed by atoms with van der Waals surface area (Å²) in [5, 5.41) is 0. The molecule has 1 saturated carbocycles. The van der Waals surface area contributed by atoms with E-state index in [1.165, 1.54) is 65.0 Å². The predicted molar refractivity (Wildman–Crippen MR) is 179 cm³/mol. The molecule has 0 heterocycles. The Balaban J connectivity index is 0.00000216. The van der Waals surface area contributed by atoms with Gasteiger partial charge in [0.15, 0.2) is 0 Å². The number of benzene rings is 3. The molecule has 0 N–H and O–H groups in total. The minimum absolute atomic E-state index is 0.541. The molecule has 0 aliphatic heterocycles. The lowest BCUT2D eigenvalue weighted by atomic mass is 9.81. The largest absolute Gasteiger partial charge is 0.378 e. The highest BCUT2D eigenvalue weighted by molar-refractivity contribution is 5.67. The molecule has 0 spiro atoms. The van der Waals surface area contributed by atoms with Gasteiger partial charge in [0.1, 0.15) is 0 Å². The fraction of sp³-hybridized carbons (Fsp3) is 0.368. The van der Waals surface area contributed by atoms with Gasteiger partial charge in [-0.05, 0) is 77.6 Å². The Labute approximate surface area is 244 Å². The molecule has 0 radical (unpaired) electrons. The number of nitrogens with zero attached hydrogens (tertiary/aromatic N) is 2. The van der Waals surface area contributed by atoms with Gasteiger partial charge in [-0.15, -0.1) is 0 Å². The lowest BCUT2D eigenvalue weighted by Gasteiger charge is -2.35. The Kier molecular flexibility index (Phi) is 11.9. The summed E-state index contributed by atoms with van der Waals surface area (Å²) in [5.41, 5.74) is 9.80. The molecular weight excluding hydrogens is 484 g/mol. The first-order chi connectivity index (χ1) is 19.3. The second kappa shape index (κ2) is 15.3. The average molecular weight is 535 g/mol. The molecule has 3 aromatic carbocycles. The molecule has 2 nitrogen and oxygen atoms in total. The average Bonchev–Trinajstić information content (AvgIpc) is 3.00. The van der Waals surface area contributed by atoms with E-state index in [0.29, 0.717) is 5.92 Å². The van der Waals surface area contributed by atoms with E-state index >= 15 is 0 Å². The fourth-order valence-electron chi connectivity index (χ4n) is 5.24. The van der Waals surface area contributed by atoms with E-state index < -0.39 is 0 Å². The van der Waals surface area contributed by atoms with Gasteiger partial charge in [-0.1, -0.05) is 120 Å². The number of anilines is 2. The minimum Gasteiger partial charge on any atom is -0.378 e. The molecule has 0 aromatic heterocycles. The van der Waals surface area contributed by atoms with Crippen LogP contribution in [0.2, 0.25) is 0 Å². The molecule has 0 bridgehead atoms. The third kappa shape index (κ3) is 8.49. The van der Waals surface area contributed by atoms with Crippen LogP contribution in [0.15, 0.2) is 103 Å². The standard InChI is InChI=1S/C36H44N2.C2H6/c1-7-27(2)11-14-30-9-8-10-36(25-30)38(29(4)32-17-12-28(3)13-18-32)26-31-15-19-33(20-16-31)34-21-23-35(24-22-34)37(5)6;1-2/h8-11,14-16,19-25,28,32H,2,4,7,12-13,17-18,26H2,1,3,5-6H3;1-2H3/b14-11+;. The molecule has 1 aliphatic carbocycles. The maximum atomic E-state index is 4.67. The Morgan fingerprint density at radius 2 is 1.43 bits per heavy atom. The van der Waals surface area contributed by atoms with Crippen molar-refractivity contribution in [2.24, 2.45) is 11.8 Å². The monoisotopic (exact) mass is 534 g/mol. The summed E-state index contributed by atoms with van der Waals surface area (Å²) in [4.78, 5) is 4.58. The zero-order chi connectivity index (χ0) is 29.1. The summed E-state index contributed by atoms with van der Waals surface area (Å²) >= 11 is 0. The van der Waals surface area contributed by atoms with Gasteiger partial charge in [-0.2, -0.15) is 0 Å². The van der Waals surface area contributed by atoms with E-state index in [1.807, 2.05) is 13.8 Å². The summed E-state index contributed by atoms with van der Waals surface area (Å²) in [7, 11) is 4.15. The highest BCUT2D eigenvalue weighted by Crippen LogP contribution is 2.36. The first kappa shape index (κ1) is 31.0. The molecule has 3 aromatic rings. The lowest BCUT2D eigenvalue weighted by Crippen LogP contribution is -2.28. The van der Waals surface area contributed by atoms with E-state index in [2.05, 4.69) is 136 Å². The third-order valence-electron chi connectivity index (χ3n) is 7.99. The molecule has 0 amide bonds. The van der Waals surface area contributed by atoms with Crippen LogP contribution in [0.4, 0.5) is 11.4 Å². The van der Waals surface area contributed by atoms with E-state index in [9.17, 15) is 0 Å². The zero-order valence-corrected chi connectivity index (χ0v) is 25.8. The molecule has 40 heavy (non-hydrogen) atoms. The highest BCUT2D eigenvalue weighted by Gasteiger charge is 2.25. The van der Waals surface area contributed by atoms with Crippen molar-refractivity contribution in [1.82, 2.24) is 0 Å². The van der Waals surface area contributed by atoms with E-state index in [4.69, 9.17) is 0 Å². The SMILES string of the molecule is C=C(/C=C/c1cccc(N(Cc2ccc(-c3ccc(N(C)C)cc3)cc2)C(=C)C2CCC(C)CC2)c1)CC.CC.